The zero-order valence-electron chi connectivity index (χ0n) is 19.9. The lowest BCUT2D eigenvalue weighted by Crippen LogP contribution is -2.29. The number of amides is 1. The van der Waals surface area contributed by atoms with Gasteiger partial charge in [0.15, 0.2) is 0 Å². The van der Waals surface area contributed by atoms with Crippen LogP contribution in [0, 0.1) is 19.8 Å². The number of furan rings is 1. The highest BCUT2D eigenvalue weighted by Gasteiger charge is 2.46. The first-order valence-electron chi connectivity index (χ1n) is 11.4. The Hall–Kier alpha value is -3.80. The van der Waals surface area contributed by atoms with Gasteiger partial charge >= 0.3 is 0 Å². The van der Waals surface area contributed by atoms with Crippen molar-refractivity contribution < 1.29 is 23.8 Å². The summed E-state index contributed by atoms with van der Waals surface area (Å²) >= 11 is 0. The number of carbonyl (C=O) groups excluding carboxylic acids is 2. The van der Waals surface area contributed by atoms with E-state index in [1.54, 1.807) is 30.3 Å². The lowest BCUT2D eigenvalue weighted by atomic mass is 9.92. The van der Waals surface area contributed by atoms with E-state index >= 15 is 0 Å². The highest BCUT2D eigenvalue weighted by atomic mass is 16.5. The summed E-state index contributed by atoms with van der Waals surface area (Å²) in [5.41, 5.74) is 3.06. The van der Waals surface area contributed by atoms with Crippen molar-refractivity contribution in [2.75, 3.05) is 6.61 Å². The maximum absolute atomic E-state index is 13.2. The largest absolute Gasteiger partial charge is 0.507 e. The molecule has 1 aromatic heterocycles. The molecule has 2 heterocycles. The third kappa shape index (κ3) is 4.49. The Kier molecular flexibility index (Phi) is 6.59. The number of ether oxygens (including phenoxy) is 1. The molecule has 1 atom stereocenters. The van der Waals surface area contributed by atoms with Crippen molar-refractivity contribution in [2.24, 2.45) is 5.92 Å². The van der Waals surface area contributed by atoms with Crippen molar-refractivity contribution >= 4 is 17.4 Å². The number of rotatable bonds is 7. The van der Waals surface area contributed by atoms with Gasteiger partial charge in [0.1, 0.15) is 17.3 Å². The maximum Gasteiger partial charge on any atom is 0.296 e. The molecule has 6 heteroatoms. The molecule has 0 spiro atoms. The van der Waals surface area contributed by atoms with Crippen molar-refractivity contribution in [1.82, 2.24) is 4.90 Å². The number of aliphatic hydroxyl groups excluding tert-OH is 1. The van der Waals surface area contributed by atoms with Gasteiger partial charge in [0, 0.05) is 5.56 Å². The summed E-state index contributed by atoms with van der Waals surface area (Å²) in [6.07, 6.45) is 1.53. The molecule has 0 saturated carbocycles. The molecular weight excluding hydrogens is 430 g/mol. The van der Waals surface area contributed by atoms with Crippen LogP contribution in [-0.4, -0.2) is 28.3 Å². The van der Waals surface area contributed by atoms with Gasteiger partial charge in [-0.1, -0.05) is 38.1 Å². The van der Waals surface area contributed by atoms with Gasteiger partial charge in [-0.3, -0.25) is 9.59 Å². The van der Waals surface area contributed by atoms with E-state index in [1.165, 1.54) is 11.2 Å². The standard InChI is InChI=1S/C28H29NO5/c1-17(2)16-34-23-12-11-20(14-19(23)4)26(30)24-25(22-10-6-5-8-18(22)3)29(28(32)27(24)31)15-21-9-7-13-33-21/h5-14,17,25,30H,15-16H2,1-4H3/b26-24+. The smallest absolute Gasteiger partial charge is 0.296 e. The Labute approximate surface area is 199 Å². The molecular formula is C28H29NO5. The fraction of sp³-hybridized carbons (Fsp3) is 0.286. The predicted octanol–water partition coefficient (Wildman–Crippen LogP) is 5.55. The van der Waals surface area contributed by atoms with E-state index in [0.29, 0.717) is 23.8 Å². The highest BCUT2D eigenvalue weighted by molar-refractivity contribution is 6.46. The second-order valence-corrected chi connectivity index (χ2v) is 9.05. The second kappa shape index (κ2) is 9.59. The van der Waals surface area contributed by atoms with Crippen LogP contribution in [0.3, 0.4) is 0 Å². The Balaban J connectivity index is 1.80. The van der Waals surface area contributed by atoms with Crippen LogP contribution >= 0.6 is 0 Å². The number of Topliss-reactive ketones (excluding diaryl/α,β-unsaturated/α-hetero) is 1. The molecule has 6 nitrogen and oxygen atoms in total. The third-order valence-electron chi connectivity index (χ3n) is 5.95. The average molecular weight is 460 g/mol. The Morgan fingerprint density at radius 3 is 2.47 bits per heavy atom. The molecule has 2 aromatic carbocycles. The molecule has 176 valence electrons. The molecule has 0 aliphatic carbocycles. The molecule has 0 radical (unpaired) electrons. The van der Waals surface area contributed by atoms with E-state index in [9.17, 15) is 14.7 Å². The molecule has 4 rings (SSSR count). The number of benzene rings is 2. The summed E-state index contributed by atoms with van der Waals surface area (Å²) < 4.78 is 11.3. The Morgan fingerprint density at radius 2 is 1.82 bits per heavy atom. The number of hydrogen-bond donors (Lipinski definition) is 1. The van der Waals surface area contributed by atoms with Gasteiger partial charge in [-0.05, 0) is 66.8 Å². The second-order valence-electron chi connectivity index (χ2n) is 9.05. The molecule has 1 unspecified atom stereocenters. The summed E-state index contributed by atoms with van der Waals surface area (Å²) in [6, 6.07) is 15.6. The lowest BCUT2D eigenvalue weighted by Gasteiger charge is -2.25. The lowest BCUT2D eigenvalue weighted by molar-refractivity contribution is -0.140. The number of aryl methyl sites for hydroxylation is 2. The van der Waals surface area contributed by atoms with Crippen molar-refractivity contribution in [3.05, 3.63) is 94.4 Å². The van der Waals surface area contributed by atoms with Gasteiger partial charge in [-0.2, -0.15) is 0 Å². The van der Waals surface area contributed by atoms with Crippen LogP contribution in [0.2, 0.25) is 0 Å². The van der Waals surface area contributed by atoms with Gasteiger partial charge in [0.25, 0.3) is 11.7 Å². The highest BCUT2D eigenvalue weighted by Crippen LogP contribution is 2.41. The maximum atomic E-state index is 13.2. The number of likely N-dealkylation sites (tertiary alicyclic amines) is 1. The van der Waals surface area contributed by atoms with E-state index in [-0.39, 0.29) is 17.9 Å². The third-order valence-corrected chi connectivity index (χ3v) is 5.95. The minimum absolute atomic E-state index is 0.0705. The molecule has 1 saturated heterocycles. The van der Waals surface area contributed by atoms with Crippen LogP contribution in [0.25, 0.3) is 5.76 Å². The number of aliphatic hydroxyl groups is 1. The number of ketones is 1. The van der Waals surface area contributed by atoms with E-state index in [1.807, 2.05) is 38.1 Å². The zero-order valence-corrected chi connectivity index (χ0v) is 19.9. The predicted molar refractivity (Wildman–Crippen MR) is 129 cm³/mol. The zero-order chi connectivity index (χ0) is 24.4. The first kappa shape index (κ1) is 23.4. The Morgan fingerprint density at radius 1 is 1.06 bits per heavy atom. The monoisotopic (exact) mass is 459 g/mol. The Bertz CT molecular complexity index is 1240. The molecule has 3 aromatic rings. The van der Waals surface area contributed by atoms with E-state index in [2.05, 4.69) is 13.8 Å². The van der Waals surface area contributed by atoms with Crippen LogP contribution in [0.15, 0.2) is 70.9 Å². The molecule has 1 amide bonds. The summed E-state index contributed by atoms with van der Waals surface area (Å²) in [4.78, 5) is 27.8. The van der Waals surface area contributed by atoms with Gasteiger partial charge in [-0.25, -0.2) is 0 Å². The SMILES string of the molecule is Cc1cc(/C(O)=C2\C(=O)C(=O)N(Cc3ccco3)C2c2ccccc2C)ccc1OCC(C)C. The normalized spacial score (nSPS) is 17.6. The molecule has 0 bridgehead atoms. The molecule has 1 aliphatic heterocycles. The van der Waals surface area contributed by atoms with Crippen LogP contribution < -0.4 is 4.74 Å². The van der Waals surface area contributed by atoms with E-state index in [4.69, 9.17) is 9.15 Å². The van der Waals surface area contributed by atoms with Crippen LogP contribution in [-0.2, 0) is 16.1 Å². The molecule has 1 N–H and O–H groups in total. The van der Waals surface area contributed by atoms with Crippen LogP contribution in [0.1, 0.15) is 47.9 Å². The van der Waals surface area contributed by atoms with Crippen molar-refractivity contribution in [1.29, 1.82) is 0 Å². The quantitative estimate of drug-likeness (QED) is 0.285. The van der Waals surface area contributed by atoms with Crippen LogP contribution in [0.4, 0.5) is 0 Å². The number of carbonyl (C=O) groups is 2. The van der Waals surface area contributed by atoms with Gasteiger partial charge in [-0.15, -0.1) is 0 Å². The summed E-state index contributed by atoms with van der Waals surface area (Å²) in [7, 11) is 0. The average Bonchev–Trinajstić information content (AvgIpc) is 3.40. The number of nitrogens with zero attached hydrogens (tertiary/aromatic N) is 1. The van der Waals surface area contributed by atoms with E-state index in [0.717, 1.165) is 22.4 Å². The van der Waals surface area contributed by atoms with Gasteiger partial charge in [0.05, 0.1) is 31.0 Å². The fourth-order valence-corrected chi connectivity index (χ4v) is 4.20. The molecule has 1 aliphatic rings. The summed E-state index contributed by atoms with van der Waals surface area (Å²) in [6.45, 7) is 8.66. The minimum Gasteiger partial charge on any atom is -0.507 e. The first-order chi connectivity index (χ1) is 16.3. The number of hydrogen-bond acceptors (Lipinski definition) is 5. The van der Waals surface area contributed by atoms with E-state index < -0.39 is 17.7 Å². The fourth-order valence-electron chi connectivity index (χ4n) is 4.20. The molecule has 1 fully saturated rings. The van der Waals surface area contributed by atoms with Crippen molar-refractivity contribution in [3.8, 4) is 5.75 Å². The van der Waals surface area contributed by atoms with Gasteiger partial charge in [0.2, 0.25) is 0 Å². The minimum atomic E-state index is -0.733. The van der Waals surface area contributed by atoms with Gasteiger partial charge < -0.3 is 19.2 Å². The topological polar surface area (TPSA) is 80.0 Å². The van der Waals surface area contributed by atoms with Crippen molar-refractivity contribution in [3.63, 3.8) is 0 Å². The first-order valence-corrected chi connectivity index (χ1v) is 11.4. The van der Waals surface area contributed by atoms with Crippen LogP contribution in [0.5, 0.6) is 5.75 Å². The summed E-state index contributed by atoms with van der Waals surface area (Å²) in [5, 5.41) is 11.3. The summed E-state index contributed by atoms with van der Waals surface area (Å²) in [5.74, 6) is 0.0793. The van der Waals surface area contributed by atoms with Crippen molar-refractivity contribution in [2.45, 2.75) is 40.3 Å². The molecule has 34 heavy (non-hydrogen) atoms.